The minimum absolute atomic E-state index is 0.453. The Morgan fingerprint density at radius 1 is 1.21 bits per heavy atom. The molecule has 24 heavy (non-hydrogen) atoms. The molecule has 1 fully saturated rings. The van der Waals surface area contributed by atoms with Crippen molar-refractivity contribution in [3.05, 3.63) is 34.8 Å². The van der Waals surface area contributed by atoms with E-state index < -0.39 is 0 Å². The summed E-state index contributed by atoms with van der Waals surface area (Å²) in [6.07, 6.45) is 13.1. The normalized spacial score (nSPS) is 20.4. The van der Waals surface area contributed by atoms with Crippen molar-refractivity contribution in [1.29, 1.82) is 0 Å². The van der Waals surface area contributed by atoms with Gasteiger partial charge in [0.15, 0.2) is 0 Å². The van der Waals surface area contributed by atoms with Crippen LogP contribution >= 0.6 is 0 Å². The number of hydrogen-bond acceptors (Lipinski definition) is 4. The third kappa shape index (κ3) is 6.16. The first kappa shape index (κ1) is 22.4. The van der Waals surface area contributed by atoms with E-state index in [2.05, 4.69) is 24.1 Å². The molecule has 0 radical (unpaired) electrons. The second-order valence-electron chi connectivity index (χ2n) is 5.60. The van der Waals surface area contributed by atoms with E-state index in [1.165, 1.54) is 32.1 Å². The van der Waals surface area contributed by atoms with E-state index in [1.807, 2.05) is 34.6 Å². The van der Waals surface area contributed by atoms with Gasteiger partial charge < -0.3 is 5.73 Å². The van der Waals surface area contributed by atoms with Gasteiger partial charge in [-0.3, -0.25) is 5.01 Å². The fourth-order valence-electron chi connectivity index (χ4n) is 2.93. The molecule has 2 rings (SSSR count). The zero-order valence-corrected chi connectivity index (χ0v) is 16.6. The van der Waals surface area contributed by atoms with Crippen LogP contribution in [-0.4, -0.2) is 11.3 Å². The first-order valence-corrected chi connectivity index (χ1v) is 9.60. The van der Waals surface area contributed by atoms with Gasteiger partial charge in [-0.05, 0) is 26.2 Å². The van der Waals surface area contributed by atoms with Crippen LogP contribution in [0.15, 0.2) is 39.8 Å². The summed E-state index contributed by atoms with van der Waals surface area (Å²) in [7, 11) is 0. The lowest BCUT2D eigenvalue weighted by Gasteiger charge is -2.30. The van der Waals surface area contributed by atoms with Gasteiger partial charge in [0.2, 0.25) is 0 Å². The Labute approximate surface area is 149 Å². The van der Waals surface area contributed by atoms with Crippen molar-refractivity contribution < 1.29 is 0 Å². The average Bonchev–Trinajstić information content (AvgIpc) is 2.66. The summed E-state index contributed by atoms with van der Waals surface area (Å²) in [5, 5.41) is 1.58. The molecule has 4 N–H and O–H groups in total. The lowest BCUT2D eigenvalue weighted by Crippen LogP contribution is -2.35. The molecule has 0 saturated heterocycles. The van der Waals surface area contributed by atoms with E-state index in [9.17, 15) is 0 Å². The number of hydrogen-bond donors (Lipinski definition) is 2. The SMILES string of the molecule is CC.CC.CC/C=C\C1=C(C)N=CN(N)/C1=C(\N)C1CCCCC1. The molecule has 138 valence electrons. The van der Waals surface area contributed by atoms with Crippen LogP contribution in [0, 0.1) is 5.92 Å². The summed E-state index contributed by atoms with van der Waals surface area (Å²) in [4.78, 5) is 4.34. The Hall–Kier alpha value is -1.55. The highest BCUT2D eigenvalue weighted by molar-refractivity contribution is 5.67. The van der Waals surface area contributed by atoms with Crippen LogP contribution in [0.3, 0.4) is 0 Å². The van der Waals surface area contributed by atoms with E-state index in [4.69, 9.17) is 11.6 Å². The molecule has 0 atom stereocenters. The van der Waals surface area contributed by atoms with Gasteiger partial charge in [0.1, 0.15) is 6.34 Å². The molecular weight excluding hydrogens is 296 g/mol. The van der Waals surface area contributed by atoms with Gasteiger partial charge in [-0.15, -0.1) is 0 Å². The smallest absolute Gasteiger partial charge is 0.110 e. The Morgan fingerprint density at radius 2 is 1.79 bits per heavy atom. The van der Waals surface area contributed by atoms with Crippen LogP contribution in [0.4, 0.5) is 0 Å². The average molecular weight is 335 g/mol. The number of allylic oxidation sites excluding steroid dienone is 4. The van der Waals surface area contributed by atoms with Crippen LogP contribution in [-0.2, 0) is 0 Å². The van der Waals surface area contributed by atoms with Crippen molar-refractivity contribution in [2.45, 2.75) is 80.1 Å². The molecule has 0 aromatic heterocycles. The van der Waals surface area contributed by atoms with Crippen LogP contribution in [0.5, 0.6) is 0 Å². The number of nitrogens with two attached hydrogens (primary N) is 2. The molecule has 0 unspecified atom stereocenters. The Kier molecular flexibility index (Phi) is 12.0. The van der Waals surface area contributed by atoms with Crippen LogP contribution < -0.4 is 11.6 Å². The quantitative estimate of drug-likeness (QED) is 0.693. The van der Waals surface area contributed by atoms with Crippen molar-refractivity contribution in [1.82, 2.24) is 5.01 Å². The minimum Gasteiger partial charge on any atom is -0.400 e. The Morgan fingerprint density at radius 3 is 2.33 bits per heavy atom. The Bertz CT molecular complexity index is 466. The molecular formula is C20H38N4. The van der Waals surface area contributed by atoms with E-state index in [0.717, 1.165) is 29.1 Å². The van der Waals surface area contributed by atoms with Gasteiger partial charge in [-0.1, -0.05) is 66.0 Å². The maximum Gasteiger partial charge on any atom is 0.110 e. The monoisotopic (exact) mass is 334 g/mol. The molecule has 1 saturated carbocycles. The summed E-state index contributed by atoms with van der Waals surface area (Å²) in [6, 6.07) is 0. The highest BCUT2D eigenvalue weighted by Crippen LogP contribution is 2.33. The third-order valence-electron chi connectivity index (χ3n) is 4.12. The first-order valence-electron chi connectivity index (χ1n) is 9.60. The largest absolute Gasteiger partial charge is 0.400 e. The summed E-state index contributed by atoms with van der Waals surface area (Å²) < 4.78 is 0. The molecule has 0 amide bonds. The van der Waals surface area contributed by atoms with Gasteiger partial charge in [0.05, 0.1) is 5.70 Å². The molecule has 2 aliphatic rings. The zero-order valence-electron chi connectivity index (χ0n) is 16.6. The third-order valence-corrected chi connectivity index (χ3v) is 4.12. The van der Waals surface area contributed by atoms with Gasteiger partial charge in [-0.25, -0.2) is 10.8 Å². The fourth-order valence-corrected chi connectivity index (χ4v) is 2.93. The summed E-state index contributed by atoms with van der Waals surface area (Å²) >= 11 is 0. The molecule has 0 aromatic rings. The highest BCUT2D eigenvalue weighted by atomic mass is 15.4. The van der Waals surface area contributed by atoms with Crippen LogP contribution in [0.1, 0.15) is 80.1 Å². The van der Waals surface area contributed by atoms with Gasteiger partial charge in [0.25, 0.3) is 0 Å². The van der Waals surface area contributed by atoms with E-state index >= 15 is 0 Å². The van der Waals surface area contributed by atoms with Gasteiger partial charge in [-0.2, -0.15) is 0 Å². The first-order chi connectivity index (χ1) is 11.6. The predicted molar refractivity (Wildman–Crippen MR) is 107 cm³/mol. The van der Waals surface area contributed by atoms with Crippen LogP contribution in [0.25, 0.3) is 0 Å². The summed E-state index contributed by atoms with van der Waals surface area (Å²) in [6.45, 7) is 12.1. The Balaban J connectivity index is 0.00000123. The van der Waals surface area contributed by atoms with Crippen LogP contribution in [0.2, 0.25) is 0 Å². The van der Waals surface area contributed by atoms with Crippen molar-refractivity contribution in [2.24, 2.45) is 22.5 Å². The predicted octanol–water partition coefficient (Wildman–Crippen LogP) is 5.25. The maximum absolute atomic E-state index is 6.47. The second kappa shape index (κ2) is 12.8. The van der Waals surface area contributed by atoms with Crippen molar-refractivity contribution in [2.75, 3.05) is 0 Å². The molecule has 1 aliphatic carbocycles. The number of nitrogens with zero attached hydrogens (tertiary/aromatic N) is 2. The molecule has 1 heterocycles. The molecule has 0 bridgehead atoms. The van der Waals surface area contributed by atoms with E-state index in [-0.39, 0.29) is 0 Å². The lowest BCUT2D eigenvalue weighted by molar-refractivity contribution is 0.389. The molecule has 0 aromatic carbocycles. The van der Waals surface area contributed by atoms with Crippen molar-refractivity contribution >= 4 is 6.34 Å². The zero-order chi connectivity index (χ0) is 18.5. The van der Waals surface area contributed by atoms with E-state index in [0.29, 0.717) is 5.92 Å². The lowest BCUT2D eigenvalue weighted by atomic mass is 9.85. The number of rotatable bonds is 3. The molecule has 4 nitrogen and oxygen atoms in total. The van der Waals surface area contributed by atoms with E-state index in [1.54, 1.807) is 11.3 Å². The maximum atomic E-state index is 6.47. The number of hydrazine groups is 1. The van der Waals surface area contributed by atoms with Crippen molar-refractivity contribution in [3.8, 4) is 0 Å². The van der Waals surface area contributed by atoms with Gasteiger partial charge >= 0.3 is 0 Å². The minimum atomic E-state index is 0.453. The second-order valence-corrected chi connectivity index (χ2v) is 5.60. The number of aliphatic imine (C=N–C) groups is 1. The standard InChI is InChI=1S/C16H26N4.2C2H6/c1-3-4-10-14-12(2)19-11-20(18)16(14)15(17)13-8-6-5-7-9-13;2*1-2/h4,10-11,13H,3,5-9,17-18H2,1-2H3;2*1-2H3/b10-4-,16-15-;;. The topological polar surface area (TPSA) is 67.6 Å². The summed E-state index contributed by atoms with van der Waals surface area (Å²) in [5.74, 6) is 6.54. The summed E-state index contributed by atoms with van der Waals surface area (Å²) in [5.41, 5.74) is 10.4. The fraction of sp³-hybridized carbons (Fsp3) is 0.650. The van der Waals surface area contributed by atoms with Gasteiger partial charge in [0, 0.05) is 22.9 Å². The highest BCUT2D eigenvalue weighted by Gasteiger charge is 2.24. The molecule has 1 aliphatic heterocycles. The molecule has 0 spiro atoms. The molecule has 4 heteroatoms. The van der Waals surface area contributed by atoms with Crippen molar-refractivity contribution in [3.63, 3.8) is 0 Å².